The number of likely N-dealkylation sites (tertiary alicyclic amines) is 1. The number of benzene rings is 3. The van der Waals surface area contributed by atoms with Crippen LogP contribution in [0, 0.1) is 10.1 Å². The molecule has 2 heterocycles. The van der Waals surface area contributed by atoms with E-state index in [1.54, 1.807) is 28.4 Å². The summed E-state index contributed by atoms with van der Waals surface area (Å²) in [4.78, 5) is 30.9. The van der Waals surface area contributed by atoms with Crippen LogP contribution in [0.15, 0.2) is 72.8 Å². The monoisotopic (exact) mass is 472 g/mol. The number of anilines is 1. The van der Waals surface area contributed by atoms with Crippen molar-refractivity contribution in [2.45, 2.75) is 25.3 Å². The van der Waals surface area contributed by atoms with Gasteiger partial charge in [0.1, 0.15) is 5.69 Å². The zero-order chi connectivity index (χ0) is 23.5. The highest BCUT2D eigenvalue weighted by molar-refractivity contribution is 7.18. The number of aromatic nitrogens is 1. The molecule has 1 amide bonds. The second-order valence-electron chi connectivity index (χ2n) is 8.41. The van der Waals surface area contributed by atoms with Crippen LogP contribution in [0.2, 0.25) is 0 Å². The largest absolute Gasteiger partial charge is 0.375 e. The average molecular weight is 473 g/mol. The molecule has 1 aromatic heterocycles. The predicted molar refractivity (Wildman–Crippen MR) is 134 cm³/mol. The minimum Gasteiger partial charge on any atom is -0.375 e. The molecule has 5 rings (SSSR count). The van der Waals surface area contributed by atoms with E-state index >= 15 is 0 Å². The number of hydrogen-bond donors (Lipinski definition) is 1. The van der Waals surface area contributed by atoms with Crippen molar-refractivity contribution in [3.63, 3.8) is 0 Å². The Morgan fingerprint density at radius 2 is 1.79 bits per heavy atom. The van der Waals surface area contributed by atoms with E-state index in [0.717, 1.165) is 28.9 Å². The van der Waals surface area contributed by atoms with Crippen molar-refractivity contribution in [2.24, 2.45) is 0 Å². The molecule has 3 aromatic carbocycles. The lowest BCUT2D eigenvalue weighted by atomic mass is 9.97. The maximum Gasteiger partial charge on any atom is 0.293 e. The van der Waals surface area contributed by atoms with Crippen LogP contribution >= 0.6 is 11.3 Å². The van der Waals surface area contributed by atoms with Crippen LogP contribution in [0.5, 0.6) is 0 Å². The maximum atomic E-state index is 13.1. The fourth-order valence-electron chi connectivity index (χ4n) is 4.34. The van der Waals surface area contributed by atoms with Gasteiger partial charge in [0.05, 0.1) is 20.1 Å². The first-order valence-electron chi connectivity index (χ1n) is 11.3. The van der Waals surface area contributed by atoms with E-state index in [1.807, 2.05) is 48.5 Å². The molecule has 0 aliphatic carbocycles. The predicted octanol–water partition coefficient (Wildman–Crippen LogP) is 5.84. The first-order chi connectivity index (χ1) is 16.6. The summed E-state index contributed by atoms with van der Waals surface area (Å²) in [6, 6.07) is 22.5. The quantitative estimate of drug-likeness (QED) is 0.281. The van der Waals surface area contributed by atoms with Gasteiger partial charge in [0, 0.05) is 37.2 Å². The molecule has 1 aliphatic rings. The molecule has 7 nitrogen and oxygen atoms in total. The molecule has 172 valence electrons. The highest BCUT2D eigenvalue weighted by Crippen LogP contribution is 2.34. The number of nitrogens with one attached hydrogen (secondary N) is 1. The summed E-state index contributed by atoms with van der Waals surface area (Å²) in [6.45, 7) is 1.69. The van der Waals surface area contributed by atoms with Gasteiger partial charge in [-0.1, -0.05) is 42.5 Å². The summed E-state index contributed by atoms with van der Waals surface area (Å²) >= 11 is 1.72. The molecular formula is C26H24N4O3S. The van der Waals surface area contributed by atoms with Gasteiger partial charge >= 0.3 is 0 Å². The molecule has 4 aromatic rings. The highest BCUT2D eigenvalue weighted by Gasteiger charge is 2.28. The van der Waals surface area contributed by atoms with Gasteiger partial charge in [-0.05, 0) is 42.7 Å². The van der Waals surface area contributed by atoms with Gasteiger partial charge in [0.25, 0.3) is 11.6 Å². The van der Waals surface area contributed by atoms with Crippen LogP contribution in [-0.2, 0) is 6.54 Å². The summed E-state index contributed by atoms with van der Waals surface area (Å²) in [5.74, 6) is 0.167. The van der Waals surface area contributed by atoms with E-state index < -0.39 is 4.92 Å². The molecular weight excluding hydrogens is 448 g/mol. The molecule has 0 bridgehead atoms. The van der Waals surface area contributed by atoms with Gasteiger partial charge in [-0.2, -0.15) is 0 Å². The second kappa shape index (κ2) is 9.61. The number of nitro benzene ring substituents is 1. The van der Waals surface area contributed by atoms with Crippen LogP contribution in [0.3, 0.4) is 0 Å². The molecule has 0 radical (unpaired) electrons. The Balaban J connectivity index is 1.26. The van der Waals surface area contributed by atoms with E-state index in [0.29, 0.717) is 36.8 Å². The lowest BCUT2D eigenvalue weighted by Crippen LogP contribution is -2.37. The molecule has 0 unspecified atom stereocenters. The van der Waals surface area contributed by atoms with E-state index in [-0.39, 0.29) is 11.6 Å². The van der Waals surface area contributed by atoms with Crippen molar-refractivity contribution >= 4 is 38.8 Å². The molecule has 0 atom stereocenters. The minimum atomic E-state index is -0.441. The Labute approximate surface area is 201 Å². The number of nitrogens with zero attached hydrogens (tertiary/aromatic N) is 3. The van der Waals surface area contributed by atoms with Gasteiger partial charge in [-0.3, -0.25) is 14.9 Å². The zero-order valence-electron chi connectivity index (χ0n) is 18.5. The topological polar surface area (TPSA) is 88.4 Å². The molecule has 34 heavy (non-hydrogen) atoms. The van der Waals surface area contributed by atoms with Crippen molar-refractivity contribution in [3.05, 3.63) is 99.0 Å². The van der Waals surface area contributed by atoms with Crippen LogP contribution in [0.4, 0.5) is 11.4 Å². The van der Waals surface area contributed by atoms with Gasteiger partial charge in [-0.15, -0.1) is 11.3 Å². The Morgan fingerprint density at radius 3 is 2.53 bits per heavy atom. The van der Waals surface area contributed by atoms with Crippen LogP contribution < -0.4 is 5.32 Å². The van der Waals surface area contributed by atoms with E-state index in [9.17, 15) is 14.9 Å². The van der Waals surface area contributed by atoms with Gasteiger partial charge in [0.2, 0.25) is 0 Å². The fraction of sp³-hybridized carbons (Fsp3) is 0.231. The smallest absolute Gasteiger partial charge is 0.293 e. The lowest BCUT2D eigenvalue weighted by Gasteiger charge is -2.31. The third kappa shape index (κ3) is 4.63. The molecule has 0 spiro atoms. The van der Waals surface area contributed by atoms with E-state index in [2.05, 4.69) is 11.4 Å². The number of para-hydroxylation sites is 1. The van der Waals surface area contributed by atoms with Gasteiger partial charge < -0.3 is 10.2 Å². The lowest BCUT2D eigenvalue weighted by molar-refractivity contribution is -0.384. The number of thiazole rings is 1. The van der Waals surface area contributed by atoms with Crippen molar-refractivity contribution in [1.82, 2.24) is 9.88 Å². The SMILES string of the molecule is O=C(c1ccc(NCc2ccccc2)c([N+](=O)[O-])c1)N1CCC(c2nc3ccccc3s2)CC1. The van der Waals surface area contributed by atoms with Gasteiger partial charge in [0.15, 0.2) is 0 Å². The fourth-order valence-corrected chi connectivity index (χ4v) is 5.47. The van der Waals surface area contributed by atoms with Crippen molar-refractivity contribution < 1.29 is 9.72 Å². The third-order valence-electron chi connectivity index (χ3n) is 6.21. The van der Waals surface area contributed by atoms with E-state index in [1.165, 1.54) is 10.8 Å². The summed E-state index contributed by atoms with van der Waals surface area (Å²) in [5.41, 5.74) is 2.70. The van der Waals surface area contributed by atoms with Crippen LogP contribution in [0.25, 0.3) is 10.2 Å². The molecule has 1 aliphatic heterocycles. The van der Waals surface area contributed by atoms with Crippen molar-refractivity contribution in [3.8, 4) is 0 Å². The molecule has 0 saturated carbocycles. The number of hydrogen-bond acceptors (Lipinski definition) is 6. The number of piperidine rings is 1. The molecule has 1 saturated heterocycles. The number of nitro groups is 1. The van der Waals surface area contributed by atoms with Crippen molar-refractivity contribution in [1.29, 1.82) is 0 Å². The Bertz CT molecular complexity index is 1300. The van der Waals surface area contributed by atoms with E-state index in [4.69, 9.17) is 4.98 Å². The second-order valence-corrected chi connectivity index (χ2v) is 9.48. The number of rotatable bonds is 6. The van der Waals surface area contributed by atoms with Crippen LogP contribution in [-0.4, -0.2) is 33.8 Å². The average Bonchev–Trinajstić information content (AvgIpc) is 3.32. The summed E-state index contributed by atoms with van der Waals surface area (Å²) in [5, 5.41) is 15.9. The summed E-state index contributed by atoms with van der Waals surface area (Å²) in [6.07, 6.45) is 1.68. The first-order valence-corrected chi connectivity index (χ1v) is 12.1. The number of fused-ring (bicyclic) bond motifs is 1. The molecule has 8 heteroatoms. The number of amides is 1. The van der Waals surface area contributed by atoms with Gasteiger partial charge in [-0.25, -0.2) is 4.98 Å². The molecule has 1 fully saturated rings. The minimum absolute atomic E-state index is 0.0915. The Kier molecular flexibility index (Phi) is 6.22. The maximum absolute atomic E-state index is 13.1. The van der Waals surface area contributed by atoms with Crippen LogP contribution in [0.1, 0.15) is 39.7 Å². The van der Waals surface area contributed by atoms with Crippen molar-refractivity contribution in [2.75, 3.05) is 18.4 Å². The Morgan fingerprint density at radius 1 is 1.06 bits per heavy atom. The normalized spacial score (nSPS) is 14.3. The summed E-state index contributed by atoms with van der Waals surface area (Å²) < 4.78 is 1.18. The number of carbonyl (C=O) groups excluding carboxylic acids is 1. The molecule has 1 N–H and O–H groups in total. The third-order valence-corrected chi connectivity index (χ3v) is 7.41. The Hall–Kier alpha value is -3.78. The highest BCUT2D eigenvalue weighted by atomic mass is 32.1. The first kappa shape index (κ1) is 22.0. The summed E-state index contributed by atoms with van der Waals surface area (Å²) in [7, 11) is 0. The standard InChI is InChI=1S/C26H24N4O3S/c31-26(29-14-12-19(13-15-29)25-28-22-8-4-5-9-24(22)34-25)20-10-11-21(23(16-20)30(32)33)27-17-18-6-2-1-3-7-18/h1-11,16,19,27H,12-15,17H2. The zero-order valence-corrected chi connectivity index (χ0v) is 19.3. The number of carbonyl (C=O) groups is 1.